The highest BCUT2D eigenvalue weighted by molar-refractivity contribution is 7.86. The van der Waals surface area contributed by atoms with Crippen molar-refractivity contribution >= 4 is 10.1 Å². The second-order valence-electron chi connectivity index (χ2n) is 2.79. The van der Waals surface area contributed by atoms with Crippen molar-refractivity contribution in [3.63, 3.8) is 0 Å². The van der Waals surface area contributed by atoms with E-state index in [0.717, 1.165) is 0 Å². The summed E-state index contributed by atoms with van der Waals surface area (Å²) >= 11 is 0. The summed E-state index contributed by atoms with van der Waals surface area (Å²) in [7, 11) is -3.26. The van der Waals surface area contributed by atoms with E-state index >= 15 is 0 Å². The molecule has 0 aliphatic carbocycles. The third kappa shape index (κ3) is 2.38. The van der Waals surface area contributed by atoms with Gasteiger partial charge < -0.3 is 9.84 Å². The second-order valence-corrected chi connectivity index (χ2v) is 4.29. The summed E-state index contributed by atoms with van der Waals surface area (Å²) in [4.78, 5) is 0. The van der Waals surface area contributed by atoms with Crippen molar-refractivity contribution in [2.45, 2.75) is 5.37 Å². The van der Waals surface area contributed by atoms with E-state index in [1.54, 1.807) is 0 Å². The number of phenolic OH excluding ortho intramolecular Hbond substituents is 1. The highest BCUT2D eigenvalue weighted by Crippen LogP contribution is 2.34. The fourth-order valence-electron chi connectivity index (χ4n) is 1.08. The van der Waals surface area contributed by atoms with Crippen LogP contribution in [0.5, 0.6) is 11.5 Å². The number of hydrogen-bond acceptors (Lipinski definition) is 4. The number of phenols is 1. The van der Waals surface area contributed by atoms with Gasteiger partial charge in [-0.05, 0) is 6.07 Å². The molecule has 0 fully saturated rings. The Morgan fingerprint density at radius 2 is 2.07 bits per heavy atom. The molecule has 1 aromatic rings. The highest BCUT2D eigenvalue weighted by atomic mass is 32.2. The molecule has 0 heterocycles. The van der Waals surface area contributed by atoms with E-state index in [1.165, 1.54) is 25.3 Å². The van der Waals surface area contributed by atoms with Gasteiger partial charge in [-0.1, -0.05) is 12.1 Å². The molecule has 1 radical (unpaired) electrons. The van der Waals surface area contributed by atoms with Gasteiger partial charge in [0.2, 0.25) is 0 Å². The molecule has 1 rings (SSSR count). The van der Waals surface area contributed by atoms with Gasteiger partial charge in [0, 0.05) is 5.56 Å². The number of nitrogens with one attached hydrogen (secondary N) is 1. The van der Waals surface area contributed by atoms with Crippen LogP contribution >= 0.6 is 0 Å². The van der Waals surface area contributed by atoms with Gasteiger partial charge >= 0.3 is 0 Å². The molecule has 1 unspecified atom stereocenters. The van der Waals surface area contributed by atoms with Crippen LogP contribution in [0.2, 0.25) is 0 Å². The number of benzene rings is 1. The molecule has 0 saturated heterocycles. The third-order valence-electron chi connectivity index (χ3n) is 1.83. The van der Waals surface area contributed by atoms with E-state index in [1.807, 2.05) is 0 Å². The van der Waals surface area contributed by atoms with Crippen LogP contribution in [-0.4, -0.2) is 25.2 Å². The quantitative estimate of drug-likeness (QED) is 0.740. The molecule has 0 aromatic heterocycles. The lowest BCUT2D eigenvalue weighted by Crippen LogP contribution is -2.13. The summed E-state index contributed by atoms with van der Waals surface area (Å²) in [5.41, 5.74) is 7.00. The summed E-state index contributed by atoms with van der Waals surface area (Å²) in [6, 6.07) is 4.06. The fraction of sp³-hybridized carbons (Fsp3) is 0.250. The fourth-order valence-corrected chi connectivity index (χ4v) is 1.59. The van der Waals surface area contributed by atoms with E-state index in [-0.39, 0.29) is 11.3 Å². The molecule has 3 N–H and O–H groups in total. The van der Waals surface area contributed by atoms with Crippen molar-refractivity contribution in [3.8, 4) is 11.5 Å². The summed E-state index contributed by atoms with van der Waals surface area (Å²) in [6.07, 6.45) is 0. The first-order valence-corrected chi connectivity index (χ1v) is 5.41. The number of ether oxygens (including phenoxy) is 1. The monoisotopic (exact) mass is 232 g/mol. The Morgan fingerprint density at radius 3 is 2.53 bits per heavy atom. The Bertz CT molecular complexity index is 456. The first-order valence-electron chi connectivity index (χ1n) is 3.91. The lowest BCUT2D eigenvalue weighted by atomic mass is 10.2. The molecule has 0 aliphatic rings. The van der Waals surface area contributed by atoms with Gasteiger partial charge in [-0.25, -0.2) is 5.73 Å². The van der Waals surface area contributed by atoms with Gasteiger partial charge in [0.1, 0.15) is 0 Å². The Kier molecular flexibility index (Phi) is 3.18. The molecule has 15 heavy (non-hydrogen) atoms. The van der Waals surface area contributed by atoms with Gasteiger partial charge in [-0.3, -0.25) is 4.55 Å². The largest absolute Gasteiger partial charge is 0.504 e. The maximum atomic E-state index is 10.7. The lowest BCUT2D eigenvalue weighted by molar-refractivity contribution is 0.369. The van der Waals surface area contributed by atoms with Crippen LogP contribution in [0.1, 0.15) is 10.9 Å². The van der Waals surface area contributed by atoms with Gasteiger partial charge in [0.05, 0.1) is 7.11 Å². The van der Waals surface area contributed by atoms with Gasteiger partial charge in [-0.2, -0.15) is 8.42 Å². The number of rotatable bonds is 3. The lowest BCUT2D eigenvalue weighted by Gasteiger charge is -2.11. The Morgan fingerprint density at radius 1 is 1.47 bits per heavy atom. The minimum Gasteiger partial charge on any atom is -0.504 e. The molecule has 0 spiro atoms. The average molecular weight is 232 g/mol. The van der Waals surface area contributed by atoms with Crippen molar-refractivity contribution in [1.29, 1.82) is 0 Å². The van der Waals surface area contributed by atoms with Crippen molar-refractivity contribution in [3.05, 3.63) is 23.8 Å². The first kappa shape index (κ1) is 11.8. The molecule has 1 aromatic carbocycles. The van der Waals surface area contributed by atoms with Gasteiger partial charge in [0.25, 0.3) is 10.1 Å². The van der Waals surface area contributed by atoms with Crippen LogP contribution in [-0.2, 0) is 10.1 Å². The van der Waals surface area contributed by atoms with E-state index in [0.29, 0.717) is 0 Å². The molecule has 0 bridgehead atoms. The number of para-hydroxylation sites is 1. The molecule has 83 valence electrons. The Labute approximate surface area is 87.0 Å². The predicted octanol–water partition coefficient (Wildman–Crippen LogP) is 0.570. The zero-order valence-electron chi connectivity index (χ0n) is 7.84. The minimum atomic E-state index is -4.55. The maximum Gasteiger partial charge on any atom is 0.286 e. The van der Waals surface area contributed by atoms with Gasteiger partial charge in [0.15, 0.2) is 16.9 Å². The smallest absolute Gasteiger partial charge is 0.286 e. The molecule has 0 aliphatic heterocycles. The van der Waals surface area contributed by atoms with E-state index < -0.39 is 21.2 Å². The maximum absolute atomic E-state index is 10.7. The zero-order valence-corrected chi connectivity index (χ0v) is 8.65. The van der Waals surface area contributed by atoms with Crippen molar-refractivity contribution in [2.24, 2.45) is 0 Å². The van der Waals surface area contributed by atoms with Crippen LogP contribution in [0, 0.1) is 0 Å². The number of hydrogen-bond donors (Lipinski definition) is 2. The SMILES string of the molecule is COc1cccc(C([NH])S(=O)(=O)O)c1O. The van der Waals surface area contributed by atoms with Crippen LogP contribution < -0.4 is 10.5 Å². The number of aromatic hydroxyl groups is 1. The topological polar surface area (TPSA) is 108 Å². The van der Waals surface area contributed by atoms with Crippen LogP contribution in [0.4, 0.5) is 0 Å². The molecule has 7 heteroatoms. The van der Waals surface area contributed by atoms with Gasteiger partial charge in [-0.15, -0.1) is 0 Å². The van der Waals surface area contributed by atoms with Crippen LogP contribution in [0.25, 0.3) is 0 Å². The molecular formula is C8H10NO5S. The first-order chi connectivity index (χ1) is 6.88. The van der Waals surface area contributed by atoms with E-state index in [9.17, 15) is 13.5 Å². The summed E-state index contributed by atoms with van der Waals surface area (Å²) in [5.74, 6) is -0.411. The third-order valence-corrected chi connectivity index (χ3v) is 2.68. The molecule has 0 amide bonds. The van der Waals surface area contributed by atoms with E-state index in [2.05, 4.69) is 0 Å². The predicted molar refractivity (Wildman–Crippen MR) is 52.0 cm³/mol. The normalized spacial score (nSPS) is 13.5. The van der Waals surface area contributed by atoms with Crippen LogP contribution in [0.3, 0.4) is 0 Å². The average Bonchev–Trinajstić information content (AvgIpc) is 2.16. The van der Waals surface area contributed by atoms with E-state index in [4.69, 9.17) is 15.0 Å². The number of methoxy groups -OCH3 is 1. The highest BCUT2D eigenvalue weighted by Gasteiger charge is 2.25. The molecule has 1 atom stereocenters. The van der Waals surface area contributed by atoms with Crippen molar-refractivity contribution in [1.82, 2.24) is 5.73 Å². The van der Waals surface area contributed by atoms with Crippen molar-refractivity contribution < 1.29 is 22.8 Å². The summed E-state index contributed by atoms with van der Waals surface area (Å²) in [6.45, 7) is 0. The van der Waals surface area contributed by atoms with Crippen LogP contribution in [0.15, 0.2) is 18.2 Å². The second kappa shape index (κ2) is 4.05. The van der Waals surface area contributed by atoms with Crippen molar-refractivity contribution in [2.75, 3.05) is 7.11 Å². The molecule has 6 nitrogen and oxygen atoms in total. The minimum absolute atomic E-state index is 0.0494. The zero-order chi connectivity index (χ0) is 11.6. The Hall–Kier alpha value is -1.31. The Balaban J connectivity index is 3.27. The standard InChI is InChI=1S/C8H10NO5S/c1-14-6-4-2-3-5(7(6)10)8(9)15(11,12)13/h2-4,8-10H,1H3,(H,11,12,13). The summed E-state index contributed by atoms with van der Waals surface area (Å²) < 4.78 is 34.8. The summed E-state index contributed by atoms with van der Waals surface area (Å²) in [5, 5.41) is 7.56. The molecular weight excluding hydrogens is 222 g/mol. The molecule has 0 saturated carbocycles.